The molecule has 1 fully saturated rings. The molecule has 2 aliphatic rings. The maximum Gasteiger partial charge on any atom is 0.260 e. The van der Waals surface area contributed by atoms with Crippen LogP contribution in [0.1, 0.15) is 45.8 Å². The van der Waals surface area contributed by atoms with E-state index in [0.717, 1.165) is 38.9 Å². The third-order valence-corrected chi connectivity index (χ3v) is 7.95. The molecule has 3 aromatic rings. The van der Waals surface area contributed by atoms with Crippen LogP contribution < -0.4 is 10.1 Å². The number of benzene rings is 3. The first-order valence-corrected chi connectivity index (χ1v) is 13.1. The number of likely N-dealkylation sites (tertiary alicyclic amines) is 1. The van der Waals surface area contributed by atoms with E-state index in [1.807, 2.05) is 24.1 Å². The summed E-state index contributed by atoms with van der Waals surface area (Å²) >= 11 is 6.24. The van der Waals surface area contributed by atoms with Crippen LogP contribution in [0.4, 0.5) is 5.69 Å². The van der Waals surface area contributed by atoms with Gasteiger partial charge in [0.05, 0.1) is 18.2 Å². The van der Waals surface area contributed by atoms with Gasteiger partial charge in [-0.05, 0) is 73.2 Å². The number of anilines is 1. The molecule has 0 aliphatic carbocycles. The van der Waals surface area contributed by atoms with Crippen LogP contribution >= 0.6 is 11.6 Å². The van der Waals surface area contributed by atoms with Crippen molar-refractivity contribution in [2.45, 2.75) is 37.8 Å². The Morgan fingerprint density at radius 1 is 0.946 bits per heavy atom. The molecule has 2 amide bonds. The summed E-state index contributed by atoms with van der Waals surface area (Å²) in [5.74, 6) is 0.759. The van der Waals surface area contributed by atoms with E-state index in [-0.39, 0.29) is 17.9 Å². The predicted molar refractivity (Wildman–Crippen MR) is 146 cm³/mol. The lowest BCUT2D eigenvalue weighted by molar-refractivity contribution is -0.138. The Morgan fingerprint density at radius 3 is 2.35 bits per heavy atom. The van der Waals surface area contributed by atoms with Crippen LogP contribution in [0.25, 0.3) is 0 Å². The van der Waals surface area contributed by atoms with Crippen LogP contribution in [0.2, 0.25) is 5.02 Å². The van der Waals surface area contributed by atoms with E-state index in [2.05, 4.69) is 46.6 Å². The monoisotopic (exact) mass is 517 g/mol. The predicted octanol–water partition coefficient (Wildman–Crippen LogP) is 5.36. The van der Waals surface area contributed by atoms with Crippen LogP contribution in [0.15, 0.2) is 66.7 Å². The topological polar surface area (TPSA) is 61.9 Å². The molecule has 1 saturated heterocycles. The van der Waals surface area contributed by atoms with Gasteiger partial charge in [-0.1, -0.05) is 54.1 Å². The number of nitrogens with one attached hydrogen (secondary N) is 1. The second-order valence-electron chi connectivity index (χ2n) is 9.90. The number of methoxy groups -OCH3 is 1. The molecular weight excluding hydrogens is 486 g/mol. The van der Waals surface area contributed by atoms with E-state index in [9.17, 15) is 9.59 Å². The minimum atomic E-state index is -0.308. The SMILES string of the molecule is COc1cccc(Cl)c1C(=O)Nc1ccc(C2CCN(C(=O)C3Cc4ccccc4CN3C)CC2)cc1. The molecule has 0 aromatic heterocycles. The highest BCUT2D eigenvalue weighted by Crippen LogP contribution is 2.31. The van der Waals surface area contributed by atoms with Crippen molar-refractivity contribution in [3.63, 3.8) is 0 Å². The van der Waals surface area contributed by atoms with Crippen molar-refractivity contribution in [2.75, 3.05) is 32.6 Å². The van der Waals surface area contributed by atoms with E-state index in [1.54, 1.807) is 18.2 Å². The summed E-state index contributed by atoms with van der Waals surface area (Å²) in [5, 5.41) is 3.26. The maximum atomic E-state index is 13.4. The van der Waals surface area contributed by atoms with Gasteiger partial charge in [-0.2, -0.15) is 0 Å². The highest BCUT2D eigenvalue weighted by atomic mass is 35.5. The van der Waals surface area contributed by atoms with Gasteiger partial charge in [0.25, 0.3) is 5.91 Å². The van der Waals surface area contributed by atoms with E-state index in [0.29, 0.717) is 27.9 Å². The second kappa shape index (κ2) is 11.0. The van der Waals surface area contributed by atoms with Crippen LogP contribution in [-0.4, -0.2) is 54.9 Å². The number of carbonyl (C=O) groups excluding carboxylic acids is 2. The van der Waals surface area contributed by atoms with E-state index >= 15 is 0 Å². The number of likely N-dealkylation sites (N-methyl/N-ethyl adjacent to an activating group) is 1. The summed E-state index contributed by atoms with van der Waals surface area (Å²) in [5.41, 5.74) is 4.85. The summed E-state index contributed by atoms with van der Waals surface area (Å²) in [4.78, 5) is 30.4. The fourth-order valence-corrected chi connectivity index (χ4v) is 5.75. The third kappa shape index (κ3) is 5.36. The lowest BCUT2D eigenvalue weighted by Crippen LogP contribution is -2.51. The molecule has 1 unspecified atom stereocenters. The van der Waals surface area contributed by atoms with Gasteiger partial charge in [-0.15, -0.1) is 0 Å². The Hall–Kier alpha value is -3.35. The number of carbonyl (C=O) groups is 2. The Bertz CT molecular complexity index is 1290. The van der Waals surface area contributed by atoms with Crippen molar-refractivity contribution >= 4 is 29.1 Å². The molecule has 6 nitrogen and oxygen atoms in total. The lowest BCUT2D eigenvalue weighted by atomic mass is 9.88. The Morgan fingerprint density at radius 2 is 1.65 bits per heavy atom. The molecule has 0 radical (unpaired) electrons. The van der Waals surface area contributed by atoms with Crippen molar-refractivity contribution in [1.29, 1.82) is 0 Å². The van der Waals surface area contributed by atoms with Crippen molar-refractivity contribution in [3.8, 4) is 5.75 Å². The van der Waals surface area contributed by atoms with Crippen LogP contribution in [0, 0.1) is 0 Å². The highest BCUT2D eigenvalue weighted by Gasteiger charge is 2.34. The smallest absolute Gasteiger partial charge is 0.260 e. The fourth-order valence-electron chi connectivity index (χ4n) is 5.50. The van der Waals surface area contributed by atoms with Gasteiger partial charge in [-0.25, -0.2) is 0 Å². The zero-order valence-corrected chi connectivity index (χ0v) is 22.0. The molecule has 1 N–H and O–H groups in total. The van der Waals surface area contributed by atoms with Gasteiger partial charge >= 0.3 is 0 Å². The summed E-state index contributed by atoms with van der Waals surface area (Å²) in [6.45, 7) is 2.34. The van der Waals surface area contributed by atoms with Crippen LogP contribution in [0.3, 0.4) is 0 Å². The first-order valence-electron chi connectivity index (χ1n) is 12.7. The standard InChI is InChI=1S/C30H32ClN3O3/c1-33-19-23-7-4-3-6-22(23)18-26(33)30(36)34-16-14-21(15-17-34)20-10-12-24(13-11-20)32-29(35)28-25(31)8-5-9-27(28)37-2/h3-13,21,26H,14-19H2,1-2H3,(H,32,35). The first-order chi connectivity index (χ1) is 17.9. The van der Waals surface area contributed by atoms with Crippen molar-refractivity contribution in [2.24, 2.45) is 0 Å². The summed E-state index contributed by atoms with van der Waals surface area (Å²) in [6, 6.07) is 21.4. The van der Waals surface area contributed by atoms with Crippen molar-refractivity contribution in [3.05, 3.63) is 94.0 Å². The molecule has 37 heavy (non-hydrogen) atoms. The zero-order valence-electron chi connectivity index (χ0n) is 21.2. The number of hydrogen-bond donors (Lipinski definition) is 1. The van der Waals surface area contributed by atoms with Gasteiger partial charge < -0.3 is 15.0 Å². The molecular formula is C30H32ClN3O3. The van der Waals surface area contributed by atoms with E-state index < -0.39 is 0 Å². The average molecular weight is 518 g/mol. The number of nitrogens with zero attached hydrogens (tertiary/aromatic N) is 2. The molecule has 192 valence electrons. The molecule has 3 aromatic carbocycles. The molecule has 2 heterocycles. The second-order valence-corrected chi connectivity index (χ2v) is 10.3. The molecule has 0 saturated carbocycles. The van der Waals surface area contributed by atoms with Crippen LogP contribution in [-0.2, 0) is 17.8 Å². The minimum absolute atomic E-state index is 0.0916. The number of rotatable bonds is 5. The highest BCUT2D eigenvalue weighted by molar-refractivity contribution is 6.35. The summed E-state index contributed by atoms with van der Waals surface area (Å²) in [7, 11) is 3.57. The van der Waals surface area contributed by atoms with Crippen molar-refractivity contribution in [1.82, 2.24) is 9.80 Å². The van der Waals surface area contributed by atoms with Gasteiger partial charge in [0.1, 0.15) is 11.3 Å². The number of ether oxygens (including phenoxy) is 1. The molecule has 0 bridgehead atoms. The summed E-state index contributed by atoms with van der Waals surface area (Å²) in [6.07, 6.45) is 2.64. The summed E-state index contributed by atoms with van der Waals surface area (Å²) < 4.78 is 5.29. The molecule has 0 spiro atoms. The van der Waals surface area contributed by atoms with E-state index in [4.69, 9.17) is 16.3 Å². The normalized spacial score (nSPS) is 18.2. The third-order valence-electron chi connectivity index (χ3n) is 7.64. The molecule has 1 atom stereocenters. The Kier molecular flexibility index (Phi) is 7.49. The first kappa shape index (κ1) is 25.3. The van der Waals surface area contributed by atoms with Gasteiger partial charge in [-0.3, -0.25) is 14.5 Å². The number of piperidine rings is 1. The van der Waals surface area contributed by atoms with E-state index in [1.165, 1.54) is 23.8 Å². The quantitative estimate of drug-likeness (QED) is 0.494. The number of amides is 2. The molecule has 2 aliphatic heterocycles. The zero-order chi connectivity index (χ0) is 25.9. The van der Waals surface area contributed by atoms with Gasteiger partial charge in [0.15, 0.2) is 0 Å². The fraction of sp³-hybridized carbons (Fsp3) is 0.333. The Labute approximate surface area is 223 Å². The van der Waals surface area contributed by atoms with Crippen molar-refractivity contribution < 1.29 is 14.3 Å². The van der Waals surface area contributed by atoms with Crippen LogP contribution in [0.5, 0.6) is 5.75 Å². The Balaban J connectivity index is 1.18. The maximum absolute atomic E-state index is 13.4. The number of hydrogen-bond acceptors (Lipinski definition) is 4. The number of fused-ring (bicyclic) bond motifs is 1. The average Bonchev–Trinajstić information content (AvgIpc) is 2.92. The molecule has 7 heteroatoms. The molecule has 5 rings (SSSR count). The lowest BCUT2D eigenvalue weighted by Gasteiger charge is -2.39. The van der Waals surface area contributed by atoms with Gasteiger partial charge in [0, 0.05) is 25.3 Å². The minimum Gasteiger partial charge on any atom is -0.496 e. The largest absolute Gasteiger partial charge is 0.496 e. The number of halogens is 1. The van der Waals surface area contributed by atoms with Gasteiger partial charge in [0.2, 0.25) is 5.91 Å².